The molecule has 15 heteroatoms. The lowest BCUT2D eigenvalue weighted by atomic mass is 10.0. The SMILES string of the molecule is CCCC(=O)c1ccc(NC(=O)/[N+](=C2\CC[N+](C)(Cc3ccc4c(c3)OCO4)C2)[C@@H](Cc2ccc(O)cc2)C(N)=O)cc1.O=C(O)C(F)(F)F. The first-order chi connectivity index (χ1) is 23.6. The van der Waals surface area contributed by atoms with Crippen molar-refractivity contribution in [1.29, 1.82) is 0 Å². The van der Waals surface area contributed by atoms with Gasteiger partial charge in [-0.3, -0.25) is 9.59 Å². The highest BCUT2D eigenvalue weighted by atomic mass is 19.4. The zero-order valence-corrected chi connectivity index (χ0v) is 27.5. The summed E-state index contributed by atoms with van der Waals surface area (Å²) in [6.45, 7) is 4.15. The maximum atomic E-state index is 14.0. The van der Waals surface area contributed by atoms with Gasteiger partial charge in [0.25, 0.3) is 5.91 Å². The van der Waals surface area contributed by atoms with Gasteiger partial charge in [-0.25, -0.2) is 10.1 Å². The lowest BCUT2D eigenvalue weighted by Crippen LogP contribution is -2.49. The van der Waals surface area contributed by atoms with Gasteiger partial charge in [0, 0.05) is 24.0 Å². The van der Waals surface area contributed by atoms with Crippen molar-refractivity contribution in [3.63, 3.8) is 0 Å². The third-order valence-electron chi connectivity index (χ3n) is 8.25. The van der Waals surface area contributed by atoms with Crippen molar-refractivity contribution in [2.24, 2.45) is 5.73 Å². The summed E-state index contributed by atoms with van der Waals surface area (Å²) in [5, 5.41) is 19.8. The van der Waals surface area contributed by atoms with Crippen LogP contribution in [0.3, 0.4) is 0 Å². The second-order valence-electron chi connectivity index (χ2n) is 12.3. The van der Waals surface area contributed by atoms with Gasteiger partial charge < -0.3 is 29.9 Å². The minimum atomic E-state index is -5.08. The maximum Gasteiger partial charge on any atom is 0.496 e. The van der Waals surface area contributed by atoms with Crippen LogP contribution in [-0.2, 0) is 22.6 Å². The van der Waals surface area contributed by atoms with E-state index in [1.165, 1.54) is 4.58 Å². The minimum Gasteiger partial charge on any atom is -0.508 e. The molecule has 2 heterocycles. The number of fused-ring (bicyclic) bond motifs is 1. The number of benzene rings is 3. The number of rotatable bonds is 10. The van der Waals surface area contributed by atoms with Crippen molar-refractivity contribution >= 4 is 35.1 Å². The van der Waals surface area contributed by atoms with Crippen LogP contribution in [-0.4, -0.2) is 87.8 Å². The molecule has 2 atom stereocenters. The summed E-state index contributed by atoms with van der Waals surface area (Å²) in [5.41, 5.74) is 9.68. The monoisotopic (exact) mass is 700 g/mol. The van der Waals surface area contributed by atoms with E-state index in [-0.39, 0.29) is 24.7 Å². The molecule has 3 aromatic carbocycles. The first-order valence-corrected chi connectivity index (χ1v) is 15.8. The number of urea groups is 1. The first kappa shape index (κ1) is 37.4. The second-order valence-corrected chi connectivity index (χ2v) is 12.3. The Morgan fingerprint density at radius 2 is 1.60 bits per heavy atom. The Hall–Kier alpha value is -5.44. The lowest BCUT2D eigenvalue weighted by molar-refractivity contribution is -0.907. The van der Waals surface area contributed by atoms with Crippen molar-refractivity contribution in [3.05, 3.63) is 83.4 Å². The Kier molecular flexibility index (Phi) is 11.8. The summed E-state index contributed by atoms with van der Waals surface area (Å²) in [6, 6.07) is 17.8. The van der Waals surface area contributed by atoms with Gasteiger partial charge >= 0.3 is 18.2 Å². The van der Waals surface area contributed by atoms with E-state index < -0.39 is 30.1 Å². The van der Waals surface area contributed by atoms with Gasteiger partial charge in [0.15, 0.2) is 23.3 Å². The number of ketones is 1. The van der Waals surface area contributed by atoms with E-state index in [9.17, 15) is 32.7 Å². The van der Waals surface area contributed by atoms with Crippen LogP contribution in [0.5, 0.6) is 17.2 Å². The van der Waals surface area contributed by atoms with Gasteiger partial charge in [-0.2, -0.15) is 22.5 Å². The van der Waals surface area contributed by atoms with Crippen LogP contribution in [0.15, 0.2) is 66.7 Å². The van der Waals surface area contributed by atoms with Crippen LogP contribution in [0.4, 0.5) is 23.7 Å². The van der Waals surface area contributed by atoms with E-state index in [1.807, 2.05) is 25.1 Å². The number of quaternary nitrogens is 1. The Balaban J connectivity index is 0.000000727. The van der Waals surface area contributed by atoms with E-state index in [2.05, 4.69) is 12.4 Å². The molecule has 0 spiro atoms. The number of alkyl halides is 3. The molecule has 0 radical (unpaired) electrons. The first-order valence-electron chi connectivity index (χ1n) is 15.8. The number of aromatic hydroxyl groups is 1. The molecule has 2 aliphatic heterocycles. The number of anilines is 1. The fourth-order valence-corrected chi connectivity index (χ4v) is 5.78. The van der Waals surface area contributed by atoms with Gasteiger partial charge in [-0.1, -0.05) is 19.1 Å². The zero-order valence-electron chi connectivity index (χ0n) is 27.5. The largest absolute Gasteiger partial charge is 0.508 e. The Labute approximate surface area is 286 Å². The van der Waals surface area contributed by atoms with E-state index >= 15 is 0 Å². The number of phenolic OH excluding ortho intramolecular Hbond substituents is 1. The molecule has 50 heavy (non-hydrogen) atoms. The molecule has 5 N–H and O–H groups in total. The summed E-state index contributed by atoms with van der Waals surface area (Å²) in [4.78, 5) is 48.1. The number of nitrogens with one attached hydrogen (secondary N) is 1. The van der Waals surface area contributed by atoms with Gasteiger partial charge in [0.1, 0.15) is 30.2 Å². The number of hydrogen-bond donors (Lipinski definition) is 4. The number of primary amides is 1. The third kappa shape index (κ3) is 9.81. The number of carbonyl (C=O) groups is 4. The molecule has 2 aliphatic rings. The van der Waals surface area contributed by atoms with Crippen LogP contribution in [0.25, 0.3) is 0 Å². The van der Waals surface area contributed by atoms with Gasteiger partial charge in [-0.05, 0) is 66.6 Å². The summed E-state index contributed by atoms with van der Waals surface area (Å²) in [7, 11) is 2.12. The maximum absolute atomic E-state index is 14.0. The van der Waals surface area contributed by atoms with Crippen molar-refractivity contribution < 1.29 is 61.1 Å². The molecular formula is C35H39F3N4O8+2. The molecule has 1 unspecified atom stereocenters. The van der Waals surface area contributed by atoms with E-state index in [1.54, 1.807) is 48.5 Å². The van der Waals surface area contributed by atoms with Gasteiger partial charge in [-0.15, -0.1) is 0 Å². The zero-order chi connectivity index (χ0) is 36.6. The highest BCUT2D eigenvalue weighted by molar-refractivity contribution is 5.97. The normalized spacial score (nSPS) is 18.0. The highest BCUT2D eigenvalue weighted by Gasteiger charge is 2.42. The quantitative estimate of drug-likeness (QED) is 0.132. The van der Waals surface area contributed by atoms with Crippen LogP contribution < -0.4 is 20.5 Å². The summed E-state index contributed by atoms with van der Waals surface area (Å²) in [5.74, 6) is -1.79. The smallest absolute Gasteiger partial charge is 0.496 e. The highest BCUT2D eigenvalue weighted by Crippen LogP contribution is 2.34. The predicted molar refractivity (Wildman–Crippen MR) is 175 cm³/mol. The number of Topliss-reactive ketones (excluding diaryl/α,β-unsaturated/α-hetero) is 1. The van der Waals surface area contributed by atoms with Crippen LogP contribution in [0.1, 0.15) is 47.7 Å². The average Bonchev–Trinajstić information content (AvgIpc) is 3.68. The fraction of sp³-hybridized carbons (Fsp3) is 0.343. The Bertz CT molecular complexity index is 1760. The van der Waals surface area contributed by atoms with Gasteiger partial charge in [0.2, 0.25) is 6.79 Å². The molecule has 3 aromatic rings. The summed E-state index contributed by atoms with van der Waals surface area (Å²) < 4.78 is 44.9. The van der Waals surface area contributed by atoms with Crippen LogP contribution in [0, 0.1) is 0 Å². The molecule has 266 valence electrons. The Morgan fingerprint density at radius 1 is 0.980 bits per heavy atom. The number of nitrogens with two attached hydrogens (primary N) is 1. The average molecular weight is 701 g/mol. The fourth-order valence-electron chi connectivity index (χ4n) is 5.78. The molecule has 5 rings (SSSR count). The van der Waals surface area contributed by atoms with Crippen molar-refractivity contribution in [3.8, 4) is 17.2 Å². The van der Waals surface area contributed by atoms with Crippen molar-refractivity contribution in [2.75, 3.05) is 32.2 Å². The molecular weight excluding hydrogens is 661 g/mol. The summed E-state index contributed by atoms with van der Waals surface area (Å²) in [6.07, 6.45) is -3.09. The molecule has 0 bridgehead atoms. The van der Waals surface area contributed by atoms with Crippen LogP contribution >= 0.6 is 0 Å². The lowest BCUT2D eigenvalue weighted by Gasteiger charge is -2.28. The van der Waals surface area contributed by atoms with E-state index in [0.29, 0.717) is 41.7 Å². The number of hydrogen-bond acceptors (Lipinski definition) is 7. The van der Waals surface area contributed by atoms with Crippen molar-refractivity contribution in [2.45, 2.75) is 51.4 Å². The van der Waals surface area contributed by atoms with E-state index in [0.717, 1.165) is 41.3 Å². The second kappa shape index (κ2) is 15.8. The summed E-state index contributed by atoms with van der Waals surface area (Å²) >= 11 is 0. The number of carboxylic acid groups (broad SMARTS) is 1. The molecule has 0 aliphatic carbocycles. The molecule has 12 nitrogen and oxygen atoms in total. The van der Waals surface area contributed by atoms with Gasteiger partial charge in [0.05, 0.1) is 20.0 Å². The Morgan fingerprint density at radius 3 is 2.20 bits per heavy atom. The topological polar surface area (TPSA) is 168 Å². The molecule has 1 fully saturated rings. The number of nitrogens with zero attached hydrogens (tertiary/aromatic N) is 2. The molecule has 0 saturated carbocycles. The standard InChI is InChI=1S/C33H36N4O6.C2HF3O2/c1-3-4-29(39)24-8-10-25(11-9-24)35-33(41)36(28(32(34)40)17-22-5-12-27(38)13-6-22)26-15-16-37(2,20-26)19-23-7-14-30-31(18-23)43-21-42-30;3-2(4,5)1(6)7/h5-14,18,28H,3-4,15-17,19-21H2,1-2H3,(H2-2,34,35,38,39,40,41);(H,6,7)/p+2/b36-26+;/t28-,37?;/m0./s1. The van der Waals surface area contributed by atoms with E-state index in [4.69, 9.17) is 25.1 Å². The third-order valence-corrected chi connectivity index (χ3v) is 8.25. The number of carbonyl (C=O) groups excluding carboxylic acids is 3. The number of aliphatic carboxylic acids is 1. The molecule has 3 amide bonds. The number of ether oxygens (including phenoxy) is 2. The minimum absolute atomic E-state index is 0.0470. The number of carboxylic acids is 1. The van der Waals surface area contributed by atoms with Crippen molar-refractivity contribution in [1.82, 2.24) is 0 Å². The predicted octanol–water partition coefficient (Wildman–Crippen LogP) is 4.87. The number of amides is 3. The molecule has 0 aromatic heterocycles. The molecule has 1 saturated heterocycles. The van der Waals surface area contributed by atoms with Crippen LogP contribution in [0.2, 0.25) is 0 Å². The number of likely N-dealkylation sites (tertiary alicyclic amines) is 1. The number of phenols is 1. The number of halogens is 3.